The molecule has 0 aliphatic carbocycles. The van der Waals surface area contributed by atoms with Crippen LogP contribution in [0.15, 0.2) is 71.9 Å². The van der Waals surface area contributed by atoms with Gasteiger partial charge in [0.2, 0.25) is 0 Å². The first-order valence-corrected chi connectivity index (χ1v) is 10.6. The lowest BCUT2D eigenvalue weighted by Gasteiger charge is -2.25. The van der Waals surface area contributed by atoms with Crippen LogP contribution in [0.2, 0.25) is 10.0 Å². The minimum Gasteiger partial charge on any atom is -0.390 e. The molecule has 1 heterocycles. The number of carbonyl (C=O) groups excluding carboxylic acids is 1. The van der Waals surface area contributed by atoms with Crippen molar-refractivity contribution in [3.63, 3.8) is 0 Å². The van der Waals surface area contributed by atoms with Gasteiger partial charge in [-0.25, -0.2) is 8.78 Å². The van der Waals surface area contributed by atoms with Crippen LogP contribution < -0.4 is 0 Å². The summed E-state index contributed by atoms with van der Waals surface area (Å²) in [7, 11) is 0. The van der Waals surface area contributed by atoms with Crippen LogP contribution in [-0.2, 0) is 11.4 Å². The Morgan fingerprint density at radius 2 is 1.84 bits per heavy atom. The zero-order chi connectivity index (χ0) is 22.7. The van der Waals surface area contributed by atoms with E-state index in [1.165, 1.54) is 29.2 Å². The highest BCUT2D eigenvalue weighted by Crippen LogP contribution is 2.26. The second kappa shape index (κ2) is 9.67. The smallest absolute Gasteiger partial charge is 0.254 e. The van der Waals surface area contributed by atoms with E-state index in [1.54, 1.807) is 36.4 Å². The predicted octanol–water partition coefficient (Wildman–Crippen LogP) is 6.11. The maximum atomic E-state index is 14.3. The zero-order valence-electron chi connectivity index (χ0n) is 16.8. The van der Waals surface area contributed by atoms with Gasteiger partial charge in [-0.1, -0.05) is 58.7 Å². The molecule has 0 N–H and O–H groups in total. The Labute approximate surface area is 194 Å². The molecule has 0 radical (unpaired) electrons. The third kappa shape index (κ3) is 5.09. The Morgan fingerprint density at radius 3 is 2.59 bits per heavy atom. The number of carbonyl (C=O) groups is 1. The van der Waals surface area contributed by atoms with Crippen molar-refractivity contribution in [3.8, 4) is 0 Å². The number of halogens is 4. The number of rotatable bonds is 6. The van der Waals surface area contributed by atoms with E-state index < -0.39 is 23.6 Å². The molecule has 1 atom stereocenters. The maximum absolute atomic E-state index is 14.3. The van der Waals surface area contributed by atoms with Crippen LogP contribution in [0.5, 0.6) is 0 Å². The minimum absolute atomic E-state index is 0.00395. The van der Waals surface area contributed by atoms with Crippen molar-refractivity contribution < 1.29 is 18.4 Å². The van der Waals surface area contributed by atoms with Crippen molar-refractivity contribution in [1.29, 1.82) is 0 Å². The molecule has 0 spiro atoms. The number of hydrogen-bond donors (Lipinski definition) is 0. The van der Waals surface area contributed by atoms with Gasteiger partial charge >= 0.3 is 0 Å². The summed E-state index contributed by atoms with van der Waals surface area (Å²) in [5.74, 6) is -1.38. The van der Waals surface area contributed by atoms with Gasteiger partial charge in [-0.05, 0) is 36.4 Å². The van der Waals surface area contributed by atoms with Gasteiger partial charge in [0.15, 0.2) is 6.10 Å². The highest BCUT2D eigenvalue weighted by Gasteiger charge is 2.28. The van der Waals surface area contributed by atoms with Crippen molar-refractivity contribution in [3.05, 3.63) is 105 Å². The first-order chi connectivity index (χ1) is 15.4. The van der Waals surface area contributed by atoms with E-state index in [2.05, 4.69) is 5.16 Å². The largest absolute Gasteiger partial charge is 0.390 e. The second-order valence-corrected chi connectivity index (χ2v) is 8.20. The Kier molecular flexibility index (Phi) is 6.72. The maximum Gasteiger partial charge on any atom is 0.254 e. The zero-order valence-corrected chi connectivity index (χ0v) is 18.3. The second-order valence-electron chi connectivity index (χ2n) is 7.39. The topological polar surface area (TPSA) is 41.9 Å². The predicted molar refractivity (Wildman–Crippen MR) is 120 cm³/mol. The Hall–Kier alpha value is -2.96. The molecular formula is C24H18Cl2F2N2O2. The standard InChI is InChI=1S/C24H18Cl2F2N2O2/c25-20-9-8-15(11-21(20)26)23-12-19(32-29-23)14-30(13-17-4-1-2-7-22(17)28)24(31)16-5-3-6-18(27)10-16/h1-11,19H,12-14H2/t19-/m0/s1. The average Bonchev–Trinajstić information content (AvgIpc) is 3.25. The molecule has 1 aliphatic rings. The molecule has 3 aromatic rings. The van der Waals surface area contributed by atoms with Crippen molar-refractivity contribution in [2.24, 2.45) is 5.16 Å². The number of hydrogen-bond acceptors (Lipinski definition) is 3. The van der Waals surface area contributed by atoms with Crippen LogP contribution in [0.3, 0.4) is 0 Å². The van der Waals surface area contributed by atoms with Gasteiger partial charge in [0.05, 0.1) is 22.3 Å². The lowest BCUT2D eigenvalue weighted by molar-refractivity contribution is 0.0402. The van der Waals surface area contributed by atoms with Crippen LogP contribution in [0, 0.1) is 11.6 Å². The number of nitrogens with zero attached hydrogens (tertiary/aromatic N) is 2. The molecular weight excluding hydrogens is 457 g/mol. The van der Waals surface area contributed by atoms with E-state index in [0.29, 0.717) is 27.7 Å². The molecule has 0 saturated carbocycles. The van der Waals surface area contributed by atoms with Crippen LogP contribution in [0.25, 0.3) is 0 Å². The van der Waals surface area contributed by atoms with Crippen LogP contribution >= 0.6 is 23.2 Å². The van der Waals surface area contributed by atoms with Gasteiger partial charge in [-0.2, -0.15) is 0 Å². The monoisotopic (exact) mass is 474 g/mol. The van der Waals surface area contributed by atoms with Crippen molar-refractivity contribution in [2.75, 3.05) is 6.54 Å². The van der Waals surface area contributed by atoms with E-state index in [9.17, 15) is 13.6 Å². The summed E-state index contributed by atoms with van der Waals surface area (Å²) >= 11 is 12.1. The van der Waals surface area contributed by atoms with Crippen molar-refractivity contribution in [1.82, 2.24) is 4.90 Å². The van der Waals surface area contributed by atoms with Gasteiger partial charge in [-0.3, -0.25) is 4.79 Å². The fraction of sp³-hybridized carbons (Fsp3) is 0.167. The van der Waals surface area contributed by atoms with Crippen molar-refractivity contribution >= 4 is 34.8 Å². The number of oxime groups is 1. The summed E-state index contributed by atoms with van der Waals surface area (Å²) in [6.07, 6.45) is -0.0361. The quantitative estimate of drug-likeness (QED) is 0.432. The van der Waals surface area contributed by atoms with Gasteiger partial charge in [0.1, 0.15) is 11.6 Å². The van der Waals surface area contributed by atoms with Crippen LogP contribution in [0.1, 0.15) is 27.9 Å². The number of benzene rings is 3. The van der Waals surface area contributed by atoms with E-state index in [1.807, 2.05) is 0 Å². The molecule has 4 nitrogen and oxygen atoms in total. The molecule has 3 aromatic carbocycles. The molecule has 1 aliphatic heterocycles. The molecule has 0 bridgehead atoms. The van der Waals surface area contributed by atoms with Crippen LogP contribution in [-0.4, -0.2) is 29.2 Å². The fourth-order valence-corrected chi connectivity index (χ4v) is 3.77. The summed E-state index contributed by atoms with van der Waals surface area (Å²) < 4.78 is 28.0. The minimum atomic E-state index is -0.524. The number of amides is 1. The highest BCUT2D eigenvalue weighted by molar-refractivity contribution is 6.42. The molecule has 32 heavy (non-hydrogen) atoms. The van der Waals surface area contributed by atoms with Gasteiger partial charge < -0.3 is 9.74 Å². The summed E-state index contributed by atoms with van der Waals surface area (Å²) in [5.41, 5.74) is 1.95. The fourth-order valence-electron chi connectivity index (χ4n) is 3.47. The molecule has 164 valence electrons. The third-order valence-electron chi connectivity index (χ3n) is 5.09. The summed E-state index contributed by atoms with van der Waals surface area (Å²) in [6.45, 7) is 0.141. The first kappa shape index (κ1) is 22.2. The molecule has 0 fully saturated rings. The van der Waals surface area contributed by atoms with Gasteiger partial charge in [-0.15, -0.1) is 0 Å². The lowest BCUT2D eigenvalue weighted by Crippen LogP contribution is -2.37. The highest BCUT2D eigenvalue weighted by atomic mass is 35.5. The van der Waals surface area contributed by atoms with E-state index in [-0.39, 0.29) is 18.7 Å². The molecule has 8 heteroatoms. The van der Waals surface area contributed by atoms with E-state index in [4.69, 9.17) is 28.0 Å². The van der Waals surface area contributed by atoms with Gasteiger partial charge in [0, 0.05) is 29.7 Å². The SMILES string of the molecule is O=C(c1cccc(F)c1)N(Cc1ccccc1F)C[C@@H]1CC(c2ccc(Cl)c(Cl)c2)=NO1. The molecule has 0 aromatic heterocycles. The molecule has 1 amide bonds. The molecule has 0 unspecified atom stereocenters. The average molecular weight is 475 g/mol. The first-order valence-electron chi connectivity index (χ1n) is 9.87. The van der Waals surface area contributed by atoms with Gasteiger partial charge in [0.25, 0.3) is 5.91 Å². The molecule has 4 rings (SSSR count). The Balaban J connectivity index is 1.53. The van der Waals surface area contributed by atoms with E-state index in [0.717, 1.165) is 11.6 Å². The Bertz CT molecular complexity index is 1190. The summed E-state index contributed by atoms with van der Waals surface area (Å²) in [5, 5.41) is 4.96. The Morgan fingerprint density at radius 1 is 1.03 bits per heavy atom. The third-order valence-corrected chi connectivity index (χ3v) is 5.83. The molecule has 0 saturated heterocycles. The summed E-state index contributed by atoms with van der Waals surface area (Å²) in [6, 6.07) is 16.8. The van der Waals surface area contributed by atoms with E-state index >= 15 is 0 Å². The summed E-state index contributed by atoms with van der Waals surface area (Å²) in [4.78, 5) is 20.1. The lowest BCUT2D eigenvalue weighted by atomic mass is 10.0. The normalized spacial score (nSPS) is 15.2. The van der Waals surface area contributed by atoms with Crippen molar-refractivity contribution in [2.45, 2.75) is 19.1 Å². The van der Waals surface area contributed by atoms with Crippen LogP contribution in [0.4, 0.5) is 8.78 Å².